The van der Waals surface area contributed by atoms with Gasteiger partial charge in [-0.2, -0.15) is 13.2 Å². The number of hydrogen-bond donors (Lipinski definition) is 2. The Morgan fingerprint density at radius 3 is 2.47 bits per heavy atom. The van der Waals surface area contributed by atoms with Crippen molar-refractivity contribution in [3.05, 3.63) is 58.7 Å². The van der Waals surface area contributed by atoms with Crippen LogP contribution in [0.3, 0.4) is 0 Å². The second-order valence-electron chi connectivity index (χ2n) is 9.19. The number of benzene rings is 2. The van der Waals surface area contributed by atoms with Crippen molar-refractivity contribution in [1.29, 1.82) is 0 Å². The van der Waals surface area contributed by atoms with Gasteiger partial charge in [-0.3, -0.25) is 4.79 Å². The average molecular weight is 506 g/mol. The molecule has 2 aromatic carbocycles. The Morgan fingerprint density at radius 1 is 1.17 bits per heavy atom. The monoisotopic (exact) mass is 505 g/mol. The second kappa shape index (κ2) is 9.91. The number of aryl methyl sites for hydroxylation is 1. The van der Waals surface area contributed by atoms with Gasteiger partial charge in [-0.05, 0) is 63.1 Å². The lowest BCUT2D eigenvalue weighted by Crippen LogP contribution is -2.20. The molecule has 1 saturated carbocycles. The van der Waals surface area contributed by atoms with Crippen molar-refractivity contribution in [2.45, 2.75) is 57.7 Å². The number of alkyl halides is 3. The highest BCUT2D eigenvalue weighted by atomic mass is 19.4. The van der Waals surface area contributed by atoms with Crippen LogP contribution in [0.5, 0.6) is 5.75 Å². The molecule has 10 heteroatoms. The van der Waals surface area contributed by atoms with E-state index in [1.54, 1.807) is 27.0 Å². The number of halogens is 4. The van der Waals surface area contributed by atoms with Gasteiger partial charge < -0.3 is 15.2 Å². The first kappa shape index (κ1) is 25.7. The predicted octanol–water partition coefficient (Wildman–Crippen LogP) is 6.64. The third kappa shape index (κ3) is 5.08. The number of hydrogen-bond acceptors (Lipinski definition) is 5. The van der Waals surface area contributed by atoms with Crippen LogP contribution in [-0.4, -0.2) is 28.2 Å². The van der Waals surface area contributed by atoms with Crippen molar-refractivity contribution >= 4 is 22.7 Å². The minimum atomic E-state index is -4.80. The Hall–Kier alpha value is -3.43. The molecule has 6 nitrogen and oxygen atoms in total. The molecule has 192 valence electrons. The first-order valence-electron chi connectivity index (χ1n) is 11.7. The van der Waals surface area contributed by atoms with Crippen LogP contribution in [0, 0.1) is 18.7 Å². The summed E-state index contributed by atoms with van der Waals surface area (Å²) in [6, 6.07) is 6.06. The molecule has 3 aromatic rings. The Morgan fingerprint density at radius 2 is 1.86 bits per heavy atom. The van der Waals surface area contributed by atoms with Crippen LogP contribution in [-0.2, 0) is 11.0 Å². The topological polar surface area (TPSA) is 84.3 Å². The number of methoxy groups -OCH3 is 1. The van der Waals surface area contributed by atoms with E-state index in [-0.39, 0.29) is 17.4 Å². The maximum Gasteiger partial charge on any atom is 0.419 e. The zero-order valence-electron chi connectivity index (χ0n) is 20.1. The fraction of sp³-hybridized carbons (Fsp3) is 0.423. The van der Waals surface area contributed by atoms with E-state index in [4.69, 9.17) is 4.74 Å². The summed E-state index contributed by atoms with van der Waals surface area (Å²) in [5.41, 5.74) is 0.0140. The van der Waals surface area contributed by atoms with Gasteiger partial charge in [-0.25, -0.2) is 14.4 Å². The molecule has 4 rings (SSSR count). The largest absolute Gasteiger partial charge is 0.496 e. The smallest absolute Gasteiger partial charge is 0.419 e. The van der Waals surface area contributed by atoms with Gasteiger partial charge in [0.05, 0.1) is 30.1 Å². The number of fused-ring (bicyclic) bond motifs is 1. The molecule has 1 atom stereocenters. The highest BCUT2D eigenvalue weighted by Gasteiger charge is 2.35. The molecule has 0 radical (unpaired) electrons. The molecule has 2 N–H and O–H groups in total. The highest BCUT2D eigenvalue weighted by Crippen LogP contribution is 2.42. The number of nitrogens with one attached hydrogen (secondary N) is 1. The van der Waals surface area contributed by atoms with E-state index >= 15 is 0 Å². The summed E-state index contributed by atoms with van der Waals surface area (Å²) in [4.78, 5) is 20.3. The molecule has 1 heterocycles. The van der Waals surface area contributed by atoms with Crippen LogP contribution >= 0.6 is 0 Å². The number of nitrogens with zero attached hydrogens (tertiary/aromatic N) is 2. The summed E-state index contributed by atoms with van der Waals surface area (Å²) in [7, 11) is 1.55. The second-order valence-corrected chi connectivity index (χ2v) is 9.19. The molecule has 0 unspecified atom stereocenters. The van der Waals surface area contributed by atoms with Gasteiger partial charge in [-0.15, -0.1) is 0 Å². The molecule has 36 heavy (non-hydrogen) atoms. The van der Waals surface area contributed by atoms with E-state index in [9.17, 15) is 27.5 Å². The van der Waals surface area contributed by atoms with Crippen LogP contribution in [0.15, 0.2) is 30.3 Å². The number of carboxylic acids is 1. The zero-order valence-corrected chi connectivity index (χ0v) is 20.1. The first-order valence-corrected chi connectivity index (χ1v) is 11.7. The highest BCUT2D eigenvalue weighted by molar-refractivity contribution is 5.91. The van der Waals surface area contributed by atoms with Gasteiger partial charge in [0.2, 0.25) is 0 Å². The van der Waals surface area contributed by atoms with E-state index in [1.807, 2.05) is 6.07 Å². The van der Waals surface area contributed by atoms with Crippen molar-refractivity contribution in [3.8, 4) is 5.75 Å². The molecule has 1 aliphatic rings. The average Bonchev–Trinajstić information content (AvgIpc) is 2.82. The van der Waals surface area contributed by atoms with Gasteiger partial charge in [0.15, 0.2) is 0 Å². The minimum absolute atomic E-state index is 0.0763. The number of carbonyl (C=O) groups is 1. The summed E-state index contributed by atoms with van der Waals surface area (Å²) in [5, 5.41) is 13.0. The number of aliphatic carboxylic acids is 1. The number of aromatic nitrogens is 2. The molecule has 1 aliphatic carbocycles. The molecule has 1 fully saturated rings. The fourth-order valence-corrected chi connectivity index (χ4v) is 4.93. The first-order chi connectivity index (χ1) is 17.0. The minimum Gasteiger partial charge on any atom is -0.496 e. The van der Waals surface area contributed by atoms with Crippen molar-refractivity contribution in [3.63, 3.8) is 0 Å². The Bertz CT molecular complexity index is 1290. The molecule has 0 amide bonds. The summed E-state index contributed by atoms with van der Waals surface area (Å²) < 4.78 is 60.0. The summed E-state index contributed by atoms with van der Waals surface area (Å²) >= 11 is 0. The van der Waals surface area contributed by atoms with Crippen molar-refractivity contribution in [2.24, 2.45) is 5.92 Å². The molecule has 0 aliphatic heterocycles. The Kier molecular flexibility index (Phi) is 7.06. The zero-order chi connectivity index (χ0) is 26.2. The third-order valence-electron chi connectivity index (χ3n) is 6.83. The normalized spacial score (nSPS) is 19.2. The van der Waals surface area contributed by atoms with Crippen LogP contribution in [0.1, 0.15) is 67.1 Å². The summed E-state index contributed by atoms with van der Waals surface area (Å²) in [5.74, 6) is -0.972. The molecular formula is C26H27F4N3O3. The van der Waals surface area contributed by atoms with E-state index < -0.39 is 29.6 Å². The van der Waals surface area contributed by atoms with Gasteiger partial charge in [-0.1, -0.05) is 12.1 Å². The van der Waals surface area contributed by atoms with E-state index in [2.05, 4.69) is 15.3 Å². The van der Waals surface area contributed by atoms with E-state index in [0.717, 1.165) is 5.56 Å². The lowest BCUT2D eigenvalue weighted by molar-refractivity contribution is -0.143. The number of anilines is 1. The molecule has 0 saturated heterocycles. The number of carboxylic acid groups (broad SMARTS) is 1. The number of rotatable bonds is 6. The molecule has 1 aromatic heterocycles. The van der Waals surface area contributed by atoms with Gasteiger partial charge >= 0.3 is 12.1 Å². The van der Waals surface area contributed by atoms with Gasteiger partial charge in [0.1, 0.15) is 23.2 Å². The van der Waals surface area contributed by atoms with Gasteiger partial charge in [0, 0.05) is 17.0 Å². The lowest BCUT2D eigenvalue weighted by atomic mass is 9.78. The van der Waals surface area contributed by atoms with Gasteiger partial charge in [0.25, 0.3) is 0 Å². The lowest BCUT2D eigenvalue weighted by Gasteiger charge is -2.28. The summed E-state index contributed by atoms with van der Waals surface area (Å²) in [6.45, 7) is 3.26. The SMILES string of the molecule is COc1cc2nc(C)nc(N[C@H](C)c3cccc(C(F)(F)F)c3F)c2cc1C1CCC(C(=O)O)CC1. The molecular weight excluding hydrogens is 478 g/mol. The van der Waals surface area contributed by atoms with Crippen molar-refractivity contribution in [1.82, 2.24) is 9.97 Å². The standard InChI is InChI=1S/C26H27F4N3O3/c1-13(17-5-4-6-20(23(17)27)26(28,29)30)31-24-19-11-18(15-7-9-16(10-8-15)25(34)35)22(36-3)12-21(19)32-14(2)33-24/h4-6,11-13,15-16H,7-10H2,1-3H3,(H,34,35)(H,31,32,33)/t13-,15?,16?/m1/s1. The fourth-order valence-electron chi connectivity index (χ4n) is 4.93. The van der Waals surface area contributed by atoms with Crippen LogP contribution in [0.2, 0.25) is 0 Å². The van der Waals surface area contributed by atoms with Crippen LogP contribution in [0.25, 0.3) is 10.9 Å². The quantitative estimate of drug-likeness (QED) is 0.366. The van der Waals surface area contributed by atoms with Crippen molar-refractivity contribution < 1.29 is 32.2 Å². The molecule has 0 spiro atoms. The maximum absolute atomic E-state index is 14.8. The summed E-state index contributed by atoms with van der Waals surface area (Å²) in [6.07, 6.45) is -2.32. The van der Waals surface area contributed by atoms with Crippen LogP contribution < -0.4 is 10.1 Å². The van der Waals surface area contributed by atoms with Crippen LogP contribution in [0.4, 0.5) is 23.4 Å². The Balaban J connectivity index is 1.72. The van der Waals surface area contributed by atoms with E-state index in [0.29, 0.717) is 60.0 Å². The number of ether oxygens (including phenoxy) is 1. The third-order valence-corrected chi connectivity index (χ3v) is 6.83. The predicted molar refractivity (Wildman–Crippen MR) is 127 cm³/mol. The van der Waals surface area contributed by atoms with Crippen molar-refractivity contribution in [2.75, 3.05) is 12.4 Å². The maximum atomic E-state index is 14.8. The molecule has 0 bridgehead atoms. The Labute approximate surface area is 205 Å². The van der Waals surface area contributed by atoms with E-state index in [1.165, 1.54) is 12.1 Å².